The molecule has 0 aromatic carbocycles. The lowest BCUT2D eigenvalue weighted by Gasteiger charge is -2.17. The van der Waals surface area contributed by atoms with E-state index in [2.05, 4.69) is 30.7 Å². The second-order valence-corrected chi connectivity index (χ2v) is 6.70. The van der Waals surface area contributed by atoms with E-state index < -0.39 is 0 Å². The fraction of sp³-hybridized carbons (Fsp3) is 0.294. The van der Waals surface area contributed by atoms with Gasteiger partial charge in [0.15, 0.2) is 5.16 Å². The number of rotatable bonds is 5. The third kappa shape index (κ3) is 3.37. The van der Waals surface area contributed by atoms with Crippen LogP contribution in [-0.4, -0.2) is 32.8 Å². The van der Waals surface area contributed by atoms with Crippen molar-refractivity contribution in [1.29, 1.82) is 5.26 Å². The van der Waals surface area contributed by atoms with Gasteiger partial charge in [-0.05, 0) is 48.9 Å². The van der Waals surface area contributed by atoms with E-state index in [4.69, 9.17) is 9.68 Å². The van der Waals surface area contributed by atoms with Gasteiger partial charge in [0.1, 0.15) is 22.5 Å². The first-order valence-electron chi connectivity index (χ1n) is 8.09. The summed E-state index contributed by atoms with van der Waals surface area (Å²) in [6.45, 7) is 2.54. The lowest BCUT2D eigenvalue weighted by Crippen LogP contribution is -2.22. The molecule has 1 aliphatic rings. The van der Waals surface area contributed by atoms with Gasteiger partial charge in [0, 0.05) is 13.1 Å². The summed E-state index contributed by atoms with van der Waals surface area (Å²) in [5, 5.41) is 19.2. The Kier molecular flexibility index (Phi) is 4.39. The monoisotopic (exact) mass is 352 g/mol. The second-order valence-electron chi connectivity index (χ2n) is 5.72. The van der Waals surface area contributed by atoms with Gasteiger partial charge in [-0.1, -0.05) is 6.07 Å². The molecule has 0 radical (unpaired) electrons. The van der Waals surface area contributed by atoms with Crippen molar-refractivity contribution in [2.75, 3.05) is 18.0 Å². The Labute approximate surface area is 149 Å². The summed E-state index contributed by atoms with van der Waals surface area (Å²) in [6.07, 6.45) is 4.00. The Balaban J connectivity index is 1.67. The van der Waals surface area contributed by atoms with Gasteiger partial charge >= 0.3 is 0 Å². The summed E-state index contributed by atoms with van der Waals surface area (Å²) in [6, 6.07) is 11.3. The fourth-order valence-corrected chi connectivity index (χ4v) is 3.65. The van der Waals surface area contributed by atoms with E-state index in [9.17, 15) is 0 Å². The topological polar surface area (TPSA) is 83.8 Å². The van der Waals surface area contributed by atoms with E-state index in [1.807, 2.05) is 24.3 Å². The molecule has 4 rings (SSSR count). The van der Waals surface area contributed by atoms with Gasteiger partial charge in [-0.2, -0.15) is 5.26 Å². The predicted molar refractivity (Wildman–Crippen MR) is 92.4 cm³/mol. The highest BCUT2D eigenvalue weighted by molar-refractivity contribution is 7.99. The molecule has 0 N–H and O–H groups in total. The first kappa shape index (κ1) is 15.7. The zero-order valence-corrected chi connectivity index (χ0v) is 14.3. The molecule has 25 heavy (non-hydrogen) atoms. The molecule has 0 spiro atoms. The molecule has 0 aliphatic carbocycles. The van der Waals surface area contributed by atoms with Gasteiger partial charge < -0.3 is 9.32 Å². The minimum Gasteiger partial charge on any atom is -0.467 e. The Morgan fingerprint density at radius 1 is 1.16 bits per heavy atom. The molecule has 1 saturated heterocycles. The summed E-state index contributed by atoms with van der Waals surface area (Å²) in [5.74, 6) is 1.70. The van der Waals surface area contributed by atoms with E-state index in [0.717, 1.165) is 35.0 Å². The summed E-state index contributed by atoms with van der Waals surface area (Å²) in [4.78, 5) is 6.56. The standard InChI is InChI=1S/C17H16N6OS/c18-11-13-5-3-7-15(19-13)25-17-21-20-16(22-8-1-2-9-22)23(17)12-14-6-4-10-24-14/h3-7,10H,1-2,8-9,12H2. The van der Waals surface area contributed by atoms with Crippen molar-refractivity contribution in [1.82, 2.24) is 19.7 Å². The Morgan fingerprint density at radius 2 is 2.04 bits per heavy atom. The quantitative estimate of drug-likeness (QED) is 0.698. The summed E-state index contributed by atoms with van der Waals surface area (Å²) < 4.78 is 7.55. The van der Waals surface area contributed by atoms with Crippen LogP contribution in [0.3, 0.4) is 0 Å². The summed E-state index contributed by atoms with van der Waals surface area (Å²) in [7, 11) is 0. The van der Waals surface area contributed by atoms with E-state index in [0.29, 0.717) is 12.2 Å². The van der Waals surface area contributed by atoms with Crippen molar-refractivity contribution in [2.24, 2.45) is 0 Å². The Bertz CT molecular complexity index is 892. The molecular weight excluding hydrogens is 336 g/mol. The molecule has 1 fully saturated rings. The SMILES string of the molecule is N#Cc1cccc(Sc2nnc(N3CCCC3)n2Cc2ccco2)n1. The van der Waals surface area contributed by atoms with Gasteiger partial charge in [-0.3, -0.25) is 4.57 Å². The first-order valence-corrected chi connectivity index (χ1v) is 8.91. The molecule has 1 aliphatic heterocycles. The predicted octanol–water partition coefficient (Wildman–Crippen LogP) is 2.94. The normalized spacial score (nSPS) is 14.0. The lowest BCUT2D eigenvalue weighted by atomic mass is 10.4. The smallest absolute Gasteiger partial charge is 0.228 e. The van der Waals surface area contributed by atoms with Crippen LogP contribution in [0.25, 0.3) is 0 Å². The number of furan rings is 1. The molecule has 3 aromatic heterocycles. The highest BCUT2D eigenvalue weighted by atomic mass is 32.2. The average molecular weight is 352 g/mol. The molecule has 0 unspecified atom stereocenters. The van der Waals surface area contributed by atoms with E-state index >= 15 is 0 Å². The summed E-state index contributed by atoms with van der Waals surface area (Å²) >= 11 is 1.40. The van der Waals surface area contributed by atoms with Crippen molar-refractivity contribution < 1.29 is 4.42 Å². The third-order valence-electron chi connectivity index (χ3n) is 4.01. The maximum atomic E-state index is 9.03. The van der Waals surface area contributed by atoms with Gasteiger partial charge in [-0.25, -0.2) is 4.98 Å². The molecule has 0 saturated carbocycles. The summed E-state index contributed by atoms with van der Waals surface area (Å²) in [5.41, 5.74) is 0.391. The van der Waals surface area contributed by atoms with Gasteiger partial charge in [-0.15, -0.1) is 10.2 Å². The van der Waals surface area contributed by atoms with Crippen LogP contribution in [0.5, 0.6) is 0 Å². The Morgan fingerprint density at radius 3 is 2.80 bits per heavy atom. The van der Waals surface area contributed by atoms with E-state index in [-0.39, 0.29) is 0 Å². The molecule has 4 heterocycles. The van der Waals surface area contributed by atoms with Crippen molar-refractivity contribution in [3.05, 3.63) is 48.0 Å². The van der Waals surface area contributed by atoms with Crippen LogP contribution in [0.15, 0.2) is 51.2 Å². The number of aromatic nitrogens is 4. The molecule has 8 heteroatoms. The van der Waals surface area contributed by atoms with Crippen LogP contribution >= 0.6 is 11.8 Å². The number of nitriles is 1. The first-order chi connectivity index (χ1) is 12.3. The Hall–Kier alpha value is -2.79. The minimum atomic E-state index is 0.391. The highest BCUT2D eigenvalue weighted by Gasteiger charge is 2.22. The molecule has 0 bridgehead atoms. The second kappa shape index (κ2) is 6.99. The van der Waals surface area contributed by atoms with Crippen molar-refractivity contribution in [3.8, 4) is 6.07 Å². The van der Waals surface area contributed by atoms with E-state index in [1.54, 1.807) is 12.3 Å². The van der Waals surface area contributed by atoms with Crippen LogP contribution in [0.4, 0.5) is 5.95 Å². The van der Waals surface area contributed by atoms with Crippen LogP contribution in [-0.2, 0) is 6.54 Å². The molecule has 7 nitrogen and oxygen atoms in total. The molecule has 3 aromatic rings. The number of pyridine rings is 1. The largest absolute Gasteiger partial charge is 0.467 e. The molecule has 0 atom stereocenters. The number of hydrogen-bond acceptors (Lipinski definition) is 7. The zero-order valence-electron chi connectivity index (χ0n) is 13.5. The number of hydrogen-bond donors (Lipinski definition) is 0. The van der Waals surface area contributed by atoms with E-state index in [1.165, 1.54) is 24.6 Å². The number of anilines is 1. The molecular formula is C17H16N6OS. The maximum Gasteiger partial charge on any atom is 0.228 e. The average Bonchev–Trinajstić information content (AvgIpc) is 3.38. The van der Waals surface area contributed by atoms with Gasteiger partial charge in [0.05, 0.1) is 12.8 Å². The molecule has 0 amide bonds. The third-order valence-corrected chi connectivity index (χ3v) is 4.94. The van der Waals surface area contributed by atoms with Crippen LogP contribution in [0.2, 0.25) is 0 Å². The maximum absolute atomic E-state index is 9.03. The van der Waals surface area contributed by atoms with Crippen molar-refractivity contribution in [3.63, 3.8) is 0 Å². The van der Waals surface area contributed by atoms with Gasteiger partial charge in [0.25, 0.3) is 0 Å². The van der Waals surface area contributed by atoms with Crippen LogP contribution < -0.4 is 4.90 Å². The van der Waals surface area contributed by atoms with Crippen molar-refractivity contribution in [2.45, 2.75) is 29.6 Å². The highest BCUT2D eigenvalue weighted by Crippen LogP contribution is 2.29. The van der Waals surface area contributed by atoms with Crippen LogP contribution in [0.1, 0.15) is 24.3 Å². The number of nitrogens with zero attached hydrogens (tertiary/aromatic N) is 6. The van der Waals surface area contributed by atoms with Crippen molar-refractivity contribution >= 4 is 17.7 Å². The van der Waals surface area contributed by atoms with Crippen LogP contribution in [0, 0.1) is 11.3 Å². The van der Waals surface area contributed by atoms with Gasteiger partial charge in [0.2, 0.25) is 5.95 Å². The lowest BCUT2D eigenvalue weighted by molar-refractivity contribution is 0.483. The fourth-order valence-electron chi connectivity index (χ4n) is 2.83. The zero-order chi connectivity index (χ0) is 17.1. The minimum absolute atomic E-state index is 0.391. The molecule has 126 valence electrons.